The van der Waals surface area contributed by atoms with E-state index in [2.05, 4.69) is 10.3 Å². The largest absolute Gasteiger partial charge is 0.358 e. The average molecular weight is 232 g/mol. The molecule has 0 atom stereocenters. The lowest BCUT2D eigenvalue weighted by molar-refractivity contribution is -0.109. The highest BCUT2D eigenvalue weighted by atomic mass is 32.1. The first-order valence-electron chi connectivity index (χ1n) is 5.07. The number of amides is 1. The van der Waals surface area contributed by atoms with E-state index < -0.39 is 0 Å². The fraction of sp³-hybridized carbons (Fsp3) is 0.167. The molecule has 0 spiro atoms. The van der Waals surface area contributed by atoms with Gasteiger partial charge in [-0.05, 0) is 0 Å². The van der Waals surface area contributed by atoms with E-state index in [1.54, 1.807) is 11.3 Å². The molecule has 0 aliphatic carbocycles. The molecule has 0 aliphatic heterocycles. The van der Waals surface area contributed by atoms with Gasteiger partial charge < -0.3 is 5.32 Å². The van der Waals surface area contributed by atoms with E-state index in [0.29, 0.717) is 13.0 Å². The van der Waals surface area contributed by atoms with Crippen molar-refractivity contribution >= 4 is 17.7 Å². The zero-order chi connectivity index (χ0) is 11.2. The molecule has 82 valence electrons. The highest BCUT2D eigenvalue weighted by Crippen LogP contribution is 2.21. The molecule has 2 aromatic rings. The third-order valence-corrected chi connectivity index (χ3v) is 3.10. The summed E-state index contributed by atoms with van der Waals surface area (Å²) in [6.07, 6.45) is 1.50. The molecular weight excluding hydrogens is 220 g/mol. The number of thiazole rings is 1. The van der Waals surface area contributed by atoms with Crippen molar-refractivity contribution in [3.05, 3.63) is 40.7 Å². The Kier molecular flexibility index (Phi) is 3.66. The minimum absolute atomic E-state index is 0.644. The molecule has 1 heterocycles. The molecule has 3 nitrogen and oxygen atoms in total. The zero-order valence-corrected chi connectivity index (χ0v) is 9.54. The maximum absolute atomic E-state index is 10.1. The lowest BCUT2D eigenvalue weighted by atomic mass is 10.2. The summed E-state index contributed by atoms with van der Waals surface area (Å²) < 4.78 is 0. The van der Waals surface area contributed by atoms with Gasteiger partial charge in [0.15, 0.2) is 0 Å². The number of hydrogen-bond donors (Lipinski definition) is 1. The van der Waals surface area contributed by atoms with Crippen molar-refractivity contribution in [2.24, 2.45) is 0 Å². The van der Waals surface area contributed by atoms with Gasteiger partial charge in [0.2, 0.25) is 6.41 Å². The molecule has 0 saturated heterocycles. The lowest BCUT2D eigenvalue weighted by Crippen LogP contribution is -2.14. The third-order valence-electron chi connectivity index (χ3n) is 2.19. The Hall–Kier alpha value is -1.68. The van der Waals surface area contributed by atoms with E-state index in [9.17, 15) is 4.79 Å². The number of nitrogens with zero attached hydrogens (tertiary/aromatic N) is 1. The molecule has 0 aliphatic rings. The topological polar surface area (TPSA) is 42.0 Å². The number of carbonyl (C=O) groups is 1. The van der Waals surface area contributed by atoms with E-state index in [0.717, 1.165) is 22.7 Å². The summed E-state index contributed by atoms with van der Waals surface area (Å²) in [7, 11) is 0. The van der Waals surface area contributed by atoms with E-state index in [4.69, 9.17) is 0 Å². The van der Waals surface area contributed by atoms with Gasteiger partial charge >= 0.3 is 0 Å². The van der Waals surface area contributed by atoms with Crippen molar-refractivity contribution in [2.45, 2.75) is 6.42 Å². The third kappa shape index (κ3) is 2.67. The van der Waals surface area contributed by atoms with Gasteiger partial charge in [0.1, 0.15) is 0 Å². The van der Waals surface area contributed by atoms with Crippen LogP contribution in [0.1, 0.15) is 5.01 Å². The van der Waals surface area contributed by atoms with Crippen LogP contribution in [0.2, 0.25) is 0 Å². The standard InChI is InChI=1S/C12H12N2OS/c15-9-13-7-6-12-14-11(8-16-12)10-4-2-1-3-5-10/h1-5,8-9H,6-7H2,(H,13,15). The molecule has 0 bridgehead atoms. The van der Waals surface area contributed by atoms with Gasteiger partial charge in [-0.15, -0.1) is 11.3 Å². The average Bonchev–Trinajstić information content (AvgIpc) is 2.79. The van der Waals surface area contributed by atoms with Crippen LogP contribution in [0.4, 0.5) is 0 Å². The van der Waals surface area contributed by atoms with Gasteiger partial charge in [-0.1, -0.05) is 30.3 Å². The van der Waals surface area contributed by atoms with E-state index in [1.807, 2.05) is 35.7 Å². The molecule has 0 unspecified atom stereocenters. The van der Waals surface area contributed by atoms with Crippen molar-refractivity contribution in [1.82, 2.24) is 10.3 Å². The Morgan fingerprint density at radius 3 is 2.88 bits per heavy atom. The molecule has 0 fully saturated rings. The van der Waals surface area contributed by atoms with Gasteiger partial charge in [-0.3, -0.25) is 4.79 Å². The van der Waals surface area contributed by atoms with Gasteiger partial charge in [0, 0.05) is 23.9 Å². The predicted octanol–water partition coefficient (Wildman–Crippen LogP) is 2.10. The summed E-state index contributed by atoms with van der Waals surface area (Å²) in [5, 5.41) is 5.73. The highest BCUT2D eigenvalue weighted by Gasteiger charge is 2.03. The maximum Gasteiger partial charge on any atom is 0.207 e. The van der Waals surface area contributed by atoms with Crippen LogP contribution in [0.5, 0.6) is 0 Å². The Labute approximate surface area is 98.2 Å². The Morgan fingerprint density at radius 1 is 1.31 bits per heavy atom. The van der Waals surface area contributed by atoms with Crippen LogP contribution < -0.4 is 5.32 Å². The maximum atomic E-state index is 10.1. The molecule has 1 N–H and O–H groups in total. The van der Waals surface area contributed by atoms with Crippen LogP contribution in [0.15, 0.2) is 35.7 Å². The van der Waals surface area contributed by atoms with Crippen LogP contribution >= 0.6 is 11.3 Å². The van der Waals surface area contributed by atoms with Crippen molar-refractivity contribution in [1.29, 1.82) is 0 Å². The lowest BCUT2D eigenvalue weighted by Gasteiger charge is -1.95. The van der Waals surface area contributed by atoms with Gasteiger partial charge in [-0.2, -0.15) is 0 Å². The number of benzene rings is 1. The molecule has 1 amide bonds. The molecule has 4 heteroatoms. The fourth-order valence-corrected chi connectivity index (χ4v) is 2.21. The molecular formula is C12H12N2OS. The second-order valence-corrected chi connectivity index (χ2v) is 4.26. The zero-order valence-electron chi connectivity index (χ0n) is 8.72. The SMILES string of the molecule is O=CNCCc1nc(-c2ccccc2)cs1. The molecule has 1 aromatic carbocycles. The van der Waals surface area contributed by atoms with Crippen LogP contribution in [-0.2, 0) is 11.2 Å². The minimum Gasteiger partial charge on any atom is -0.358 e. The summed E-state index contributed by atoms with van der Waals surface area (Å²) in [4.78, 5) is 14.6. The molecule has 0 radical (unpaired) electrons. The van der Waals surface area contributed by atoms with E-state index in [1.165, 1.54) is 0 Å². The monoisotopic (exact) mass is 232 g/mol. The highest BCUT2D eigenvalue weighted by molar-refractivity contribution is 7.09. The first-order chi connectivity index (χ1) is 7.90. The number of rotatable bonds is 5. The summed E-state index contributed by atoms with van der Waals surface area (Å²) in [5.74, 6) is 0. The fourth-order valence-electron chi connectivity index (χ4n) is 1.41. The second kappa shape index (κ2) is 5.42. The van der Waals surface area contributed by atoms with Gasteiger partial charge in [-0.25, -0.2) is 4.98 Å². The van der Waals surface area contributed by atoms with Crippen LogP contribution in [0.3, 0.4) is 0 Å². The van der Waals surface area contributed by atoms with E-state index in [-0.39, 0.29) is 0 Å². The summed E-state index contributed by atoms with van der Waals surface area (Å²) in [5.41, 5.74) is 2.14. The van der Waals surface area contributed by atoms with Crippen LogP contribution in [0, 0.1) is 0 Å². The normalized spacial score (nSPS) is 10.0. The van der Waals surface area contributed by atoms with Crippen LogP contribution in [-0.4, -0.2) is 17.9 Å². The summed E-state index contributed by atoms with van der Waals surface area (Å²) in [6.45, 7) is 0.644. The minimum atomic E-state index is 0.644. The molecule has 1 aromatic heterocycles. The first kappa shape index (κ1) is 10.8. The van der Waals surface area contributed by atoms with Crippen molar-refractivity contribution in [2.75, 3.05) is 6.54 Å². The molecule has 0 saturated carbocycles. The number of hydrogen-bond acceptors (Lipinski definition) is 3. The Bertz CT molecular complexity index is 453. The van der Waals surface area contributed by atoms with Gasteiger partial charge in [0.25, 0.3) is 0 Å². The number of nitrogens with one attached hydrogen (secondary N) is 1. The first-order valence-corrected chi connectivity index (χ1v) is 5.95. The van der Waals surface area contributed by atoms with Crippen LogP contribution in [0.25, 0.3) is 11.3 Å². The predicted molar refractivity (Wildman–Crippen MR) is 65.3 cm³/mol. The quantitative estimate of drug-likeness (QED) is 0.633. The van der Waals surface area contributed by atoms with Crippen molar-refractivity contribution in [3.63, 3.8) is 0 Å². The smallest absolute Gasteiger partial charge is 0.207 e. The molecule has 16 heavy (non-hydrogen) atoms. The Morgan fingerprint density at radius 2 is 2.12 bits per heavy atom. The Balaban J connectivity index is 2.05. The second-order valence-electron chi connectivity index (χ2n) is 3.31. The summed E-state index contributed by atoms with van der Waals surface area (Å²) in [6, 6.07) is 10.1. The molecule has 2 rings (SSSR count). The summed E-state index contributed by atoms with van der Waals surface area (Å²) >= 11 is 1.63. The number of aromatic nitrogens is 1. The van der Waals surface area contributed by atoms with Crippen molar-refractivity contribution in [3.8, 4) is 11.3 Å². The van der Waals surface area contributed by atoms with Crippen molar-refractivity contribution < 1.29 is 4.79 Å². The number of carbonyl (C=O) groups excluding carboxylic acids is 1. The van der Waals surface area contributed by atoms with Gasteiger partial charge in [0.05, 0.1) is 10.7 Å². The van der Waals surface area contributed by atoms with E-state index >= 15 is 0 Å².